The molecular weight excluding hydrogens is 829 g/mol. The second kappa shape index (κ2) is 13.5. The summed E-state index contributed by atoms with van der Waals surface area (Å²) in [6.45, 7) is 0. The van der Waals surface area contributed by atoms with Gasteiger partial charge in [0.25, 0.3) is 0 Å². The Morgan fingerprint density at radius 2 is 1.14 bits per heavy atom. The van der Waals surface area contributed by atoms with Crippen LogP contribution in [-0.2, 0) is 0 Å². The van der Waals surface area contributed by atoms with Gasteiger partial charge in [-0.3, -0.25) is 0 Å². The Bertz CT molecular complexity index is 4470. The minimum absolute atomic E-state index is 0.464. The van der Waals surface area contributed by atoms with Crippen molar-refractivity contribution in [3.8, 4) is 5.69 Å². The van der Waals surface area contributed by atoms with Crippen LogP contribution in [0.3, 0.4) is 0 Å². The van der Waals surface area contributed by atoms with Crippen molar-refractivity contribution in [2.24, 2.45) is 9.98 Å². The Balaban J connectivity index is 1.03. The molecule has 10 aromatic carbocycles. The van der Waals surface area contributed by atoms with Crippen molar-refractivity contribution >= 4 is 130 Å². The van der Waals surface area contributed by atoms with Crippen LogP contribution in [0.1, 0.15) is 22.9 Å². The van der Waals surface area contributed by atoms with E-state index in [2.05, 4.69) is 174 Å². The Morgan fingerprint density at radius 3 is 2.00 bits per heavy atom. The fourth-order valence-electron chi connectivity index (χ4n) is 10.8. The maximum absolute atomic E-state index is 7.07. The molecule has 1 N–H and O–H groups in total. The van der Waals surface area contributed by atoms with Gasteiger partial charge < -0.3 is 18.7 Å². The second-order valence-corrected chi connectivity index (χ2v) is 18.3. The van der Waals surface area contributed by atoms with Gasteiger partial charge in [0.1, 0.15) is 28.8 Å². The van der Waals surface area contributed by atoms with Gasteiger partial charge in [-0.2, -0.15) is 0 Å². The molecule has 5 heterocycles. The average Bonchev–Trinajstić information content (AvgIpc) is 4.14. The van der Waals surface area contributed by atoms with E-state index in [1.54, 1.807) is 0 Å². The number of nitrogens with one attached hydrogen (secondary N) is 1. The number of aromatic nitrogens is 1. The van der Waals surface area contributed by atoms with E-state index in [1.807, 2.05) is 41.7 Å². The molecule has 15 rings (SSSR count). The molecule has 66 heavy (non-hydrogen) atoms. The van der Waals surface area contributed by atoms with E-state index in [0.29, 0.717) is 5.84 Å². The van der Waals surface area contributed by atoms with Crippen molar-refractivity contribution in [1.29, 1.82) is 0 Å². The minimum Gasteiger partial charge on any atom is -0.456 e. The summed E-state index contributed by atoms with van der Waals surface area (Å²) < 4.78 is 18.4. The molecule has 4 aromatic heterocycles. The predicted molar refractivity (Wildman–Crippen MR) is 275 cm³/mol. The van der Waals surface area contributed by atoms with E-state index < -0.39 is 6.17 Å². The highest BCUT2D eigenvalue weighted by atomic mass is 32.1. The Morgan fingerprint density at radius 1 is 0.455 bits per heavy atom. The average molecular weight is 863 g/mol. The molecule has 7 heteroatoms. The molecule has 1 aliphatic heterocycles. The third-order valence-corrected chi connectivity index (χ3v) is 14.8. The first-order valence-electron chi connectivity index (χ1n) is 22.3. The van der Waals surface area contributed by atoms with Crippen LogP contribution in [-0.4, -0.2) is 16.2 Å². The molecule has 0 saturated carbocycles. The molecule has 1 atom stereocenters. The van der Waals surface area contributed by atoms with Gasteiger partial charge >= 0.3 is 0 Å². The first-order chi connectivity index (χ1) is 32.7. The largest absolute Gasteiger partial charge is 0.456 e. The lowest BCUT2D eigenvalue weighted by molar-refractivity contribution is 0.666. The second-order valence-electron chi connectivity index (χ2n) is 17.2. The van der Waals surface area contributed by atoms with E-state index in [-0.39, 0.29) is 0 Å². The molecule has 0 fully saturated rings. The van der Waals surface area contributed by atoms with Crippen molar-refractivity contribution in [1.82, 2.24) is 9.88 Å². The maximum Gasteiger partial charge on any atom is 0.160 e. The quantitative estimate of drug-likeness (QED) is 0.192. The minimum atomic E-state index is -0.464. The summed E-state index contributed by atoms with van der Waals surface area (Å²) in [7, 11) is 0. The summed E-state index contributed by atoms with van der Waals surface area (Å²) in [4.78, 5) is 11.1. The zero-order valence-corrected chi connectivity index (χ0v) is 35.9. The predicted octanol–water partition coefficient (Wildman–Crippen LogP) is 15.8. The van der Waals surface area contributed by atoms with E-state index in [1.165, 1.54) is 52.5 Å². The van der Waals surface area contributed by atoms with Crippen LogP contribution in [0.2, 0.25) is 0 Å². The number of rotatable bonds is 4. The van der Waals surface area contributed by atoms with Crippen molar-refractivity contribution in [2.45, 2.75) is 6.17 Å². The molecular formula is C59H34N4O2S. The molecule has 308 valence electrons. The van der Waals surface area contributed by atoms with Crippen LogP contribution in [0, 0.1) is 0 Å². The van der Waals surface area contributed by atoms with Crippen LogP contribution in [0.4, 0.5) is 0 Å². The van der Waals surface area contributed by atoms with Gasteiger partial charge in [-0.15, -0.1) is 11.3 Å². The van der Waals surface area contributed by atoms with Gasteiger partial charge in [0, 0.05) is 69.2 Å². The van der Waals surface area contributed by atoms with Crippen LogP contribution >= 0.6 is 11.3 Å². The number of furan rings is 2. The summed E-state index contributed by atoms with van der Waals surface area (Å²) in [6.07, 6.45) is -0.464. The van der Waals surface area contributed by atoms with Gasteiger partial charge in [0.15, 0.2) is 11.4 Å². The third kappa shape index (κ3) is 5.06. The number of amidine groups is 2. The number of para-hydroxylation sites is 2. The lowest BCUT2D eigenvalue weighted by atomic mass is 10.0. The van der Waals surface area contributed by atoms with E-state index in [4.69, 9.17) is 18.8 Å². The van der Waals surface area contributed by atoms with Gasteiger partial charge in [0.05, 0.1) is 16.7 Å². The van der Waals surface area contributed by atoms with E-state index >= 15 is 0 Å². The number of nitrogens with zero attached hydrogens (tertiary/aromatic N) is 3. The van der Waals surface area contributed by atoms with E-state index in [0.717, 1.165) is 83.1 Å². The summed E-state index contributed by atoms with van der Waals surface area (Å²) in [5, 5.41) is 17.5. The number of hydrogen-bond acceptors (Lipinski definition) is 6. The van der Waals surface area contributed by atoms with Crippen molar-refractivity contribution in [3.63, 3.8) is 0 Å². The van der Waals surface area contributed by atoms with Crippen LogP contribution in [0.5, 0.6) is 0 Å². The zero-order valence-electron chi connectivity index (χ0n) is 35.1. The molecule has 0 aliphatic carbocycles. The summed E-state index contributed by atoms with van der Waals surface area (Å²) >= 11 is 1.81. The first kappa shape index (κ1) is 35.9. The normalized spacial score (nSPS) is 14.5. The first-order valence-corrected chi connectivity index (χ1v) is 23.1. The standard InChI is InChI=1S/C59H34N4O2S/c1-2-15-35-32-46-43(31-34(35)14-1)52-36-16-4-3-13-33(36)27-29-44(52)63(46)45-30-28-42(55-38-18-6-9-23-48(38)65-56(45)55)59-61-57(40-20-11-24-49-53(40)37-17-5-8-22-47(37)64-49)60-58(62-59)41-21-12-26-51-54(41)39-19-7-10-25-50(39)66-51/h1-32,58H,(H,60,61,62). The van der Waals surface area contributed by atoms with Crippen molar-refractivity contribution < 1.29 is 8.83 Å². The number of hydrogen-bond donors (Lipinski definition) is 1. The molecule has 1 unspecified atom stereocenters. The summed E-state index contributed by atoms with van der Waals surface area (Å²) in [5.41, 5.74) is 9.35. The Hall–Kier alpha value is -8.52. The summed E-state index contributed by atoms with van der Waals surface area (Å²) in [5.74, 6) is 1.35. The highest BCUT2D eigenvalue weighted by molar-refractivity contribution is 7.25. The number of benzene rings is 10. The lowest BCUT2D eigenvalue weighted by Gasteiger charge is -2.25. The number of fused-ring (bicyclic) bond motifs is 15. The molecule has 1 aliphatic rings. The Kier molecular flexibility index (Phi) is 7.34. The van der Waals surface area contributed by atoms with Crippen molar-refractivity contribution in [2.75, 3.05) is 0 Å². The van der Waals surface area contributed by atoms with Crippen molar-refractivity contribution in [3.05, 3.63) is 211 Å². The maximum atomic E-state index is 7.07. The number of aliphatic imine (C=N–C) groups is 2. The molecule has 0 saturated heterocycles. The van der Waals surface area contributed by atoms with Crippen LogP contribution < -0.4 is 5.32 Å². The molecule has 0 amide bonds. The van der Waals surface area contributed by atoms with Gasteiger partial charge in [-0.25, -0.2) is 9.98 Å². The molecule has 14 aromatic rings. The zero-order chi connectivity index (χ0) is 43.0. The highest BCUT2D eigenvalue weighted by Gasteiger charge is 2.29. The van der Waals surface area contributed by atoms with Crippen LogP contribution in [0.25, 0.3) is 113 Å². The topological polar surface area (TPSA) is 68.0 Å². The van der Waals surface area contributed by atoms with Crippen LogP contribution in [0.15, 0.2) is 213 Å². The fraction of sp³-hybridized carbons (Fsp3) is 0.0169. The number of thiophene rings is 1. The third-order valence-electron chi connectivity index (χ3n) is 13.6. The van der Waals surface area contributed by atoms with E-state index in [9.17, 15) is 0 Å². The van der Waals surface area contributed by atoms with Gasteiger partial charge in [0.2, 0.25) is 0 Å². The summed E-state index contributed by atoms with van der Waals surface area (Å²) in [6, 6.07) is 68.9. The van der Waals surface area contributed by atoms with Gasteiger partial charge in [-0.1, -0.05) is 133 Å². The molecule has 0 radical (unpaired) electrons. The Labute approximate surface area is 379 Å². The monoisotopic (exact) mass is 862 g/mol. The van der Waals surface area contributed by atoms with Gasteiger partial charge in [-0.05, 0) is 82.2 Å². The highest BCUT2D eigenvalue weighted by Crippen LogP contribution is 2.44. The molecule has 0 bridgehead atoms. The lowest BCUT2D eigenvalue weighted by Crippen LogP contribution is -2.33. The molecule has 6 nitrogen and oxygen atoms in total. The fourth-order valence-corrected chi connectivity index (χ4v) is 11.9. The smallest absolute Gasteiger partial charge is 0.160 e. The SMILES string of the molecule is c1ccc2cc3c(cc2c1)c1c2ccccc2ccc1n3-c1ccc(C2=NC(c3cccc4sc5ccccc5c34)NC(c3cccc4oc5ccccc5c34)=N2)c2c1oc1ccccc12. The molecule has 0 spiro atoms.